The number of nitrogens with zero attached hydrogens (tertiary/aromatic N) is 1. The Morgan fingerprint density at radius 2 is 1.81 bits per heavy atom. The quantitative estimate of drug-likeness (QED) is 0.933. The smallest absolute Gasteiger partial charge is 0.211 e. The lowest BCUT2D eigenvalue weighted by atomic mass is 9.81. The lowest BCUT2D eigenvalue weighted by molar-refractivity contribution is 0.308. The van der Waals surface area contributed by atoms with Crippen molar-refractivity contribution >= 4 is 10.0 Å². The Hall–Kier alpha value is -0.910. The van der Waals surface area contributed by atoms with Crippen LogP contribution in [0.2, 0.25) is 0 Å². The fraction of sp³-hybridized carbons (Fsp3) is 0.625. The molecule has 0 saturated heterocycles. The SMILES string of the molecule is CS(=O)(=O)N1Cc2ccc(C(N)C3CCCCC3)cc2C1. The van der Waals surface area contributed by atoms with E-state index in [0.717, 1.165) is 16.7 Å². The van der Waals surface area contributed by atoms with Gasteiger partial charge < -0.3 is 5.73 Å². The highest BCUT2D eigenvalue weighted by Crippen LogP contribution is 2.35. The first-order chi connectivity index (χ1) is 9.95. The first-order valence-electron chi connectivity index (χ1n) is 7.77. The molecule has 1 atom stereocenters. The first-order valence-corrected chi connectivity index (χ1v) is 9.62. The third-order valence-corrected chi connectivity index (χ3v) is 6.13. The van der Waals surface area contributed by atoms with Gasteiger partial charge in [-0.1, -0.05) is 37.5 Å². The fourth-order valence-corrected chi connectivity index (χ4v) is 4.34. The molecule has 116 valence electrons. The summed E-state index contributed by atoms with van der Waals surface area (Å²) in [7, 11) is -3.12. The summed E-state index contributed by atoms with van der Waals surface area (Å²) in [6, 6.07) is 6.35. The molecule has 3 rings (SSSR count). The maximum Gasteiger partial charge on any atom is 0.211 e. The Bertz CT molecular complexity index is 621. The lowest BCUT2D eigenvalue weighted by Crippen LogP contribution is -2.24. The predicted molar refractivity (Wildman–Crippen MR) is 84.0 cm³/mol. The van der Waals surface area contributed by atoms with Gasteiger partial charge in [0.2, 0.25) is 10.0 Å². The van der Waals surface area contributed by atoms with Gasteiger partial charge in [0.05, 0.1) is 6.26 Å². The molecule has 0 bridgehead atoms. The van der Waals surface area contributed by atoms with Gasteiger partial charge in [0.15, 0.2) is 0 Å². The largest absolute Gasteiger partial charge is 0.324 e. The van der Waals surface area contributed by atoms with Crippen molar-refractivity contribution in [3.8, 4) is 0 Å². The van der Waals surface area contributed by atoms with E-state index in [9.17, 15) is 8.42 Å². The molecule has 1 aliphatic heterocycles. The molecule has 21 heavy (non-hydrogen) atoms. The van der Waals surface area contributed by atoms with E-state index >= 15 is 0 Å². The molecule has 1 fully saturated rings. The van der Waals surface area contributed by atoms with Crippen molar-refractivity contribution in [2.45, 2.75) is 51.2 Å². The third-order valence-electron chi connectivity index (χ3n) is 4.94. The molecule has 1 saturated carbocycles. The normalized spacial score (nSPS) is 22.2. The third kappa shape index (κ3) is 3.15. The number of fused-ring (bicyclic) bond motifs is 1. The van der Waals surface area contributed by atoms with Crippen LogP contribution >= 0.6 is 0 Å². The highest BCUT2D eigenvalue weighted by atomic mass is 32.2. The highest BCUT2D eigenvalue weighted by molar-refractivity contribution is 7.88. The second-order valence-corrected chi connectivity index (χ2v) is 8.47. The lowest BCUT2D eigenvalue weighted by Gasteiger charge is -2.28. The molecule has 0 amide bonds. The topological polar surface area (TPSA) is 63.4 Å². The molecule has 1 unspecified atom stereocenters. The second-order valence-electron chi connectivity index (χ2n) is 6.48. The van der Waals surface area contributed by atoms with E-state index in [-0.39, 0.29) is 6.04 Å². The zero-order valence-electron chi connectivity index (χ0n) is 12.6. The van der Waals surface area contributed by atoms with Crippen LogP contribution in [0.25, 0.3) is 0 Å². The molecule has 1 aliphatic carbocycles. The van der Waals surface area contributed by atoms with Crippen molar-refractivity contribution < 1.29 is 8.42 Å². The minimum Gasteiger partial charge on any atom is -0.324 e. The van der Waals surface area contributed by atoms with E-state index in [1.807, 2.05) is 0 Å². The number of sulfonamides is 1. The Morgan fingerprint density at radius 3 is 2.48 bits per heavy atom. The predicted octanol–water partition coefficient (Wildman–Crippen LogP) is 2.54. The van der Waals surface area contributed by atoms with Crippen LogP contribution in [0, 0.1) is 5.92 Å². The summed E-state index contributed by atoms with van der Waals surface area (Å²) in [5.41, 5.74) is 9.84. The van der Waals surface area contributed by atoms with Gasteiger partial charge in [-0.2, -0.15) is 4.31 Å². The minimum atomic E-state index is -3.12. The van der Waals surface area contributed by atoms with Gasteiger partial charge in [0.1, 0.15) is 0 Å². The molecular weight excluding hydrogens is 284 g/mol. The number of nitrogens with two attached hydrogens (primary N) is 1. The van der Waals surface area contributed by atoms with Crippen LogP contribution in [-0.2, 0) is 23.1 Å². The average Bonchev–Trinajstić information content (AvgIpc) is 2.90. The molecule has 0 radical (unpaired) electrons. The Kier molecular flexibility index (Phi) is 4.08. The number of benzene rings is 1. The Morgan fingerprint density at radius 1 is 1.14 bits per heavy atom. The average molecular weight is 308 g/mol. The fourth-order valence-electron chi connectivity index (χ4n) is 3.59. The van der Waals surface area contributed by atoms with Crippen molar-refractivity contribution in [2.75, 3.05) is 6.26 Å². The van der Waals surface area contributed by atoms with Crippen LogP contribution < -0.4 is 5.73 Å². The molecule has 2 N–H and O–H groups in total. The monoisotopic (exact) mass is 308 g/mol. The molecular formula is C16H24N2O2S. The maximum atomic E-state index is 11.7. The van der Waals surface area contributed by atoms with E-state index in [1.165, 1.54) is 42.7 Å². The van der Waals surface area contributed by atoms with Crippen LogP contribution in [0.15, 0.2) is 18.2 Å². The molecule has 1 aromatic carbocycles. The van der Waals surface area contributed by atoms with Crippen LogP contribution in [0.5, 0.6) is 0 Å². The van der Waals surface area contributed by atoms with Crippen molar-refractivity contribution in [3.63, 3.8) is 0 Å². The molecule has 2 aliphatic rings. The summed E-state index contributed by atoms with van der Waals surface area (Å²) in [6.45, 7) is 0.979. The standard InChI is InChI=1S/C16H24N2O2S/c1-21(19,20)18-10-14-8-7-13(9-15(14)11-18)16(17)12-5-3-2-4-6-12/h7-9,12,16H,2-6,10-11,17H2,1H3. The molecule has 1 aromatic rings. The first kappa shape index (κ1) is 15.0. The van der Waals surface area contributed by atoms with Crippen molar-refractivity contribution in [2.24, 2.45) is 11.7 Å². The summed E-state index contributed by atoms with van der Waals surface area (Å²) in [5.74, 6) is 0.573. The van der Waals surface area contributed by atoms with Gasteiger partial charge in [-0.15, -0.1) is 0 Å². The number of hydrogen-bond donors (Lipinski definition) is 1. The molecule has 0 spiro atoms. The van der Waals surface area contributed by atoms with Gasteiger partial charge in [0, 0.05) is 19.1 Å². The van der Waals surface area contributed by atoms with E-state index in [0.29, 0.717) is 19.0 Å². The van der Waals surface area contributed by atoms with Gasteiger partial charge in [-0.05, 0) is 35.4 Å². The van der Waals surface area contributed by atoms with Crippen LogP contribution in [0.1, 0.15) is 54.8 Å². The van der Waals surface area contributed by atoms with Crippen LogP contribution in [0.3, 0.4) is 0 Å². The summed E-state index contributed by atoms with van der Waals surface area (Å²) in [4.78, 5) is 0. The minimum absolute atomic E-state index is 0.0860. The molecule has 5 heteroatoms. The summed E-state index contributed by atoms with van der Waals surface area (Å²) in [6.07, 6.45) is 7.60. The number of rotatable bonds is 3. The Labute approximate surface area is 127 Å². The molecule has 0 aromatic heterocycles. The van der Waals surface area contributed by atoms with Crippen molar-refractivity contribution in [1.29, 1.82) is 0 Å². The van der Waals surface area contributed by atoms with E-state index in [4.69, 9.17) is 5.73 Å². The van der Waals surface area contributed by atoms with Gasteiger partial charge >= 0.3 is 0 Å². The van der Waals surface area contributed by atoms with Crippen LogP contribution in [-0.4, -0.2) is 19.0 Å². The second kappa shape index (κ2) is 5.71. The highest BCUT2D eigenvalue weighted by Gasteiger charge is 2.28. The summed E-state index contributed by atoms with van der Waals surface area (Å²) >= 11 is 0. The van der Waals surface area contributed by atoms with Crippen molar-refractivity contribution in [1.82, 2.24) is 4.31 Å². The van der Waals surface area contributed by atoms with E-state index < -0.39 is 10.0 Å². The summed E-state index contributed by atoms with van der Waals surface area (Å²) < 4.78 is 24.9. The molecule has 1 heterocycles. The number of hydrogen-bond acceptors (Lipinski definition) is 3. The van der Waals surface area contributed by atoms with Gasteiger partial charge in [0.25, 0.3) is 0 Å². The zero-order valence-corrected chi connectivity index (χ0v) is 13.4. The van der Waals surface area contributed by atoms with E-state index in [1.54, 1.807) is 0 Å². The Balaban J connectivity index is 1.78. The van der Waals surface area contributed by atoms with Gasteiger partial charge in [-0.25, -0.2) is 8.42 Å². The van der Waals surface area contributed by atoms with Crippen molar-refractivity contribution in [3.05, 3.63) is 34.9 Å². The summed E-state index contributed by atoms with van der Waals surface area (Å²) in [5, 5.41) is 0. The van der Waals surface area contributed by atoms with Crippen LogP contribution in [0.4, 0.5) is 0 Å². The van der Waals surface area contributed by atoms with Gasteiger partial charge in [-0.3, -0.25) is 0 Å². The molecule has 4 nitrogen and oxygen atoms in total. The van der Waals surface area contributed by atoms with E-state index in [2.05, 4.69) is 18.2 Å². The maximum absolute atomic E-state index is 11.7. The zero-order chi connectivity index (χ0) is 15.0.